The molecule has 0 aromatic heterocycles. The van der Waals surface area contributed by atoms with Crippen LogP contribution in [0.4, 0.5) is 0 Å². The lowest BCUT2D eigenvalue weighted by Crippen LogP contribution is -2.14. The summed E-state index contributed by atoms with van der Waals surface area (Å²) in [7, 11) is 0. The van der Waals surface area contributed by atoms with E-state index in [1.54, 1.807) is 0 Å². The zero-order valence-electron chi connectivity index (χ0n) is 8.04. The summed E-state index contributed by atoms with van der Waals surface area (Å²) in [5, 5.41) is 9.23. The average Bonchev–Trinajstić information content (AvgIpc) is 2.19. The smallest absolute Gasteiger partial charge is 0.0765 e. The molecular formula is C10H19ClOS. The Balaban J connectivity index is 1.98. The lowest BCUT2D eigenvalue weighted by Gasteiger charge is -2.21. The van der Waals surface area contributed by atoms with Gasteiger partial charge >= 0.3 is 0 Å². The van der Waals surface area contributed by atoms with Crippen LogP contribution in [0.15, 0.2) is 0 Å². The van der Waals surface area contributed by atoms with Gasteiger partial charge in [-0.15, -0.1) is 11.6 Å². The number of alkyl halides is 1. The van der Waals surface area contributed by atoms with Crippen LogP contribution in [-0.2, 0) is 0 Å². The van der Waals surface area contributed by atoms with E-state index in [1.807, 2.05) is 11.8 Å². The van der Waals surface area contributed by atoms with E-state index >= 15 is 0 Å². The number of aliphatic hydroxyl groups excluding tert-OH is 1. The monoisotopic (exact) mass is 222 g/mol. The maximum absolute atomic E-state index is 9.23. The van der Waals surface area contributed by atoms with Crippen molar-refractivity contribution in [3.63, 3.8) is 0 Å². The van der Waals surface area contributed by atoms with Gasteiger partial charge in [0.25, 0.3) is 0 Å². The highest BCUT2D eigenvalue weighted by Gasteiger charge is 2.13. The van der Waals surface area contributed by atoms with Crippen molar-refractivity contribution in [2.24, 2.45) is 5.92 Å². The summed E-state index contributed by atoms with van der Waals surface area (Å²) in [6.07, 6.45) is 6.71. The lowest BCUT2D eigenvalue weighted by atomic mass is 9.91. The van der Waals surface area contributed by atoms with Crippen molar-refractivity contribution in [1.82, 2.24) is 0 Å². The fourth-order valence-corrected chi connectivity index (χ4v) is 3.20. The van der Waals surface area contributed by atoms with E-state index in [4.69, 9.17) is 11.6 Å². The minimum absolute atomic E-state index is 0.310. The molecule has 0 spiro atoms. The number of rotatable bonds is 5. The van der Waals surface area contributed by atoms with Crippen molar-refractivity contribution in [2.45, 2.75) is 38.2 Å². The van der Waals surface area contributed by atoms with Crippen LogP contribution in [0.1, 0.15) is 32.1 Å². The fraction of sp³-hybridized carbons (Fsp3) is 1.00. The van der Waals surface area contributed by atoms with Crippen LogP contribution in [0, 0.1) is 5.92 Å². The summed E-state index contributed by atoms with van der Waals surface area (Å²) in [6, 6.07) is 0. The number of aliphatic hydroxyl groups is 1. The topological polar surface area (TPSA) is 20.2 Å². The van der Waals surface area contributed by atoms with Gasteiger partial charge in [0.15, 0.2) is 0 Å². The first kappa shape index (κ1) is 11.7. The molecule has 0 aromatic rings. The van der Waals surface area contributed by atoms with Crippen molar-refractivity contribution < 1.29 is 5.11 Å². The summed E-state index contributed by atoms with van der Waals surface area (Å²) in [5.74, 6) is 3.30. The van der Waals surface area contributed by atoms with E-state index in [1.165, 1.54) is 37.9 Å². The zero-order chi connectivity index (χ0) is 9.52. The van der Waals surface area contributed by atoms with Gasteiger partial charge in [0.05, 0.1) is 6.10 Å². The third-order valence-electron chi connectivity index (χ3n) is 2.57. The Morgan fingerprint density at radius 1 is 1.31 bits per heavy atom. The largest absolute Gasteiger partial charge is 0.391 e. The molecule has 1 aliphatic carbocycles. The first-order chi connectivity index (χ1) is 6.33. The van der Waals surface area contributed by atoms with Gasteiger partial charge in [0.2, 0.25) is 0 Å². The van der Waals surface area contributed by atoms with E-state index in [-0.39, 0.29) is 6.10 Å². The number of hydrogen-bond acceptors (Lipinski definition) is 2. The normalized spacial score (nSPS) is 21.7. The van der Waals surface area contributed by atoms with Crippen LogP contribution in [0.2, 0.25) is 0 Å². The molecule has 1 rings (SSSR count). The van der Waals surface area contributed by atoms with Gasteiger partial charge in [-0.05, 0) is 24.5 Å². The van der Waals surface area contributed by atoms with Gasteiger partial charge in [0, 0.05) is 11.6 Å². The maximum atomic E-state index is 9.23. The molecule has 1 saturated carbocycles. The van der Waals surface area contributed by atoms with Crippen LogP contribution in [0.5, 0.6) is 0 Å². The molecule has 0 bridgehead atoms. The van der Waals surface area contributed by atoms with E-state index < -0.39 is 0 Å². The van der Waals surface area contributed by atoms with Crippen molar-refractivity contribution in [3.05, 3.63) is 0 Å². The molecule has 0 aliphatic heterocycles. The molecule has 1 nitrogen and oxygen atoms in total. The molecule has 3 heteroatoms. The predicted octanol–water partition coefficient (Wildman–Crippen LogP) is 2.90. The Morgan fingerprint density at radius 2 is 2.00 bits per heavy atom. The van der Waals surface area contributed by atoms with E-state index in [2.05, 4.69) is 0 Å². The molecule has 1 atom stereocenters. The second-order valence-corrected chi connectivity index (χ2v) is 5.23. The van der Waals surface area contributed by atoms with Gasteiger partial charge in [-0.3, -0.25) is 0 Å². The Labute approximate surface area is 90.2 Å². The van der Waals surface area contributed by atoms with Crippen LogP contribution in [0.3, 0.4) is 0 Å². The number of thioether (sulfide) groups is 1. The van der Waals surface area contributed by atoms with E-state index in [9.17, 15) is 5.11 Å². The van der Waals surface area contributed by atoms with Gasteiger partial charge in [-0.25, -0.2) is 0 Å². The Kier molecular flexibility index (Phi) is 6.26. The summed E-state index contributed by atoms with van der Waals surface area (Å²) in [5.41, 5.74) is 0. The summed E-state index contributed by atoms with van der Waals surface area (Å²) in [4.78, 5) is 0. The second kappa shape index (κ2) is 6.97. The van der Waals surface area contributed by atoms with Crippen LogP contribution in [-0.4, -0.2) is 28.6 Å². The minimum Gasteiger partial charge on any atom is -0.391 e. The Bertz CT molecular complexity index is 126. The molecule has 1 N–H and O–H groups in total. The zero-order valence-corrected chi connectivity index (χ0v) is 9.62. The van der Waals surface area contributed by atoms with Crippen molar-refractivity contribution >= 4 is 23.4 Å². The molecule has 1 fully saturated rings. The third kappa shape index (κ3) is 5.14. The summed E-state index contributed by atoms with van der Waals surface area (Å²) < 4.78 is 0. The molecule has 0 amide bonds. The highest BCUT2D eigenvalue weighted by Crippen LogP contribution is 2.26. The first-order valence-corrected chi connectivity index (χ1v) is 6.83. The van der Waals surface area contributed by atoms with Crippen LogP contribution >= 0.6 is 23.4 Å². The molecular weight excluding hydrogens is 204 g/mol. The van der Waals surface area contributed by atoms with Crippen molar-refractivity contribution in [1.29, 1.82) is 0 Å². The van der Waals surface area contributed by atoms with Crippen molar-refractivity contribution in [2.75, 3.05) is 17.4 Å². The minimum atomic E-state index is -0.310. The molecule has 0 saturated heterocycles. The maximum Gasteiger partial charge on any atom is 0.0765 e. The van der Waals surface area contributed by atoms with Gasteiger partial charge < -0.3 is 5.11 Å². The lowest BCUT2D eigenvalue weighted by molar-refractivity contribution is 0.223. The van der Waals surface area contributed by atoms with Gasteiger partial charge in [0.1, 0.15) is 0 Å². The van der Waals surface area contributed by atoms with Crippen LogP contribution in [0.25, 0.3) is 0 Å². The van der Waals surface area contributed by atoms with E-state index in [0.29, 0.717) is 5.88 Å². The van der Waals surface area contributed by atoms with Crippen molar-refractivity contribution in [3.8, 4) is 0 Å². The van der Waals surface area contributed by atoms with Crippen LogP contribution < -0.4 is 0 Å². The molecule has 13 heavy (non-hydrogen) atoms. The number of hydrogen-bond donors (Lipinski definition) is 1. The molecule has 0 heterocycles. The highest BCUT2D eigenvalue weighted by molar-refractivity contribution is 7.99. The van der Waals surface area contributed by atoms with Gasteiger partial charge in [-0.1, -0.05) is 19.3 Å². The molecule has 0 radical (unpaired) electrons. The molecule has 1 unspecified atom stereocenters. The molecule has 0 aromatic carbocycles. The standard InChI is InChI=1S/C10H19ClOS/c11-6-10(12)8-13-7-9-4-2-1-3-5-9/h9-10,12H,1-8H2. The van der Waals surface area contributed by atoms with E-state index in [0.717, 1.165) is 11.7 Å². The number of halogens is 1. The Hall–Kier alpha value is 0.600. The molecule has 78 valence electrons. The quantitative estimate of drug-likeness (QED) is 0.722. The predicted molar refractivity (Wildman–Crippen MR) is 60.6 cm³/mol. The Morgan fingerprint density at radius 3 is 2.62 bits per heavy atom. The molecule has 1 aliphatic rings. The second-order valence-electron chi connectivity index (χ2n) is 3.85. The third-order valence-corrected chi connectivity index (χ3v) is 4.25. The summed E-state index contributed by atoms with van der Waals surface area (Å²) in [6.45, 7) is 0. The first-order valence-electron chi connectivity index (χ1n) is 5.14. The summed E-state index contributed by atoms with van der Waals surface area (Å²) >= 11 is 7.37. The SMILES string of the molecule is OC(CCl)CSCC1CCCCC1. The van der Waals surface area contributed by atoms with Gasteiger partial charge in [-0.2, -0.15) is 11.8 Å². The highest BCUT2D eigenvalue weighted by atomic mass is 35.5. The fourth-order valence-electron chi connectivity index (χ4n) is 1.77. The average molecular weight is 223 g/mol.